The lowest BCUT2D eigenvalue weighted by Gasteiger charge is -2.29. The van der Waals surface area contributed by atoms with Crippen molar-refractivity contribution in [1.29, 1.82) is 0 Å². The van der Waals surface area contributed by atoms with Crippen LogP contribution in [-0.4, -0.2) is 45.2 Å². The summed E-state index contributed by atoms with van der Waals surface area (Å²) in [6.45, 7) is 0.765. The highest BCUT2D eigenvalue weighted by atomic mass is 16.5. The number of carbonyl (C=O) groups is 2. The number of rotatable bonds is 10. The Morgan fingerprint density at radius 3 is 2.17 bits per heavy atom. The van der Waals surface area contributed by atoms with Crippen LogP contribution >= 0.6 is 0 Å². The highest BCUT2D eigenvalue weighted by Gasteiger charge is 2.35. The molecule has 1 aliphatic heterocycles. The van der Waals surface area contributed by atoms with Crippen molar-refractivity contribution in [3.63, 3.8) is 0 Å². The molecule has 3 aromatic rings. The molecule has 0 radical (unpaired) electrons. The zero-order valence-electron chi connectivity index (χ0n) is 20.9. The van der Waals surface area contributed by atoms with E-state index in [9.17, 15) is 9.59 Å². The Labute approximate surface area is 210 Å². The van der Waals surface area contributed by atoms with Gasteiger partial charge in [-0.3, -0.25) is 9.59 Å². The summed E-state index contributed by atoms with van der Waals surface area (Å²) in [5.41, 5.74) is 3.23. The van der Waals surface area contributed by atoms with Gasteiger partial charge in [0.2, 0.25) is 11.7 Å². The summed E-state index contributed by atoms with van der Waals surface area (Å²) in [4.78, 5) is 28.2. The number of ether oxygens (including phenoxy) is 4. The van der Waals surface area contributed by atoms with Crippen LogP contribution < -0.4 is 24.3 Å². The van der Waals surface area contributed by atoms with Gasteiger partial charge in [0.15, 0.2) is 11.5 Å². The van der Waals surface area contributed by atoms with E-state index in [4.69, 9.17) is 18.9 Å². The molecule has 4 rings (SSSR count). The van der Waals surface area contributed by atoms with Gasteiger partial charge >= 0.3 is 0 Å². The average molecular weight is 491 g/mol. The summed E-state index contributed by atoms with van der Waals surface area (Å²) < 4.78 is 21.7. The van der Waals surface area contributed by atoms with Crippen molar-refractivity contribution in [2.75, 3.05) is 28.4 Å². The van der Waals surface area contributed by atoms with Gasteiger partial charge in [0.05, 0.1) is 40.9 Å². The molecule has 0 fully saturated rings. The number of fused-ring (bicyclic) bond motifs is 1. The molecule has 0 unspecified atom stereocenters. The lowest BCUT2D eigenvalue weighted by atomic mass is 10.00. The summed E-state index contributed by atoms with van der Waals surface area (Å²) >= 11 is 0. The predicted molar refractivity (Wildman–Crippen MR) is 135 cm³/mol. The molecule has 0 saturated carbocycles. The first kappa shape index (κ1) is 24.9. The second kappa shape index (κ2) is 11.0. The minimum atomic E-state index is -0.547. The van der Waals surface area contributed by atoms with E-state index in [1.54, 1.807) is 24.1 Å². The Morgan fingerprint density at radius 2 is 1.58 bits per heavy atom. The van der Waals surface area contributed by atoms with Crippen LogP contribution in [0.2, 0.25) is 0 Å². The van der Waals surface area contributed by atoms with Gasteiger partial charge in [-0.15, -0.1) is 0 Å². The smallest absolute Gasteiger partial charge is 0.255 e. The van der Waals surface area contributed by atoms with Gasteiger partial charge in [0, 0.05) is 18.7 Å². The third-order valence-electron chi connectivity index (χ3n) is 6.32. The summed E-state index contributed by atoms with van der Waals surface area (Å²) in [5, 5.41) is 2.97. The standard InChI is InChI=1S/C28H30N2O6/c1-33-21-11-9-18(10-12-21)16-29-26(31)15-23(30-17-19-7-5-6-8-22(19)28(30)32)20-13-24(34-2)27(36-4)25(14-20)35-3/h5-14,23H,15-17H2,1-4H3,(H,29,31)/t23-/m0/s1. The van der Waals surface area contributed by atoms with E-state index in [-0.39, 0.29) is 18.2 Å². The van der Waals surface area contributed by atoms with Crippen molar-refractivity contribution in [3.8, 4) is 23.0 Å². The van der Waals surface area contributed by atoms with Crippen molar-refractivity contribution in [2.24, 2.45) is 0 Å². The van der Waals surface area contributed by atoms with Crippen molar-refractivity contribution in [2.45, 2.75) is 25.6 Å². The third kappa shape index (κ3) is 5.07. The van der Waals surface area contributed by atoms with E-state index in [1.807, 2.05) is 48.5 Å². The lowest BCUT2D eigenvalue weighted by molar-refractivity contribution is -0.122. The van der Waals surface area contributed by atoms with E-state index in [1.165, 1.54) is 21.3 Å². The Bertz CT molecular complexity index is 1220. The fourth-order valence-corrected chi connectivity index (χ4v) is 4.42. The average Bonchev–Trinajstić information content (AvgIpc) is 3.25. The summed E-state index contributed by atoms with van der Waals surface area (Å²) in [6, 6.07) is 18.0. The lowest BCUT2D eigenvalue weighted by Crippen LogP contribution is -2.34. The highest BCUT2D eigenvalue weighted by Crippen LogP contribution is 2.42. The molecule has 0 saturated heterocycles. The van der Waals surface area contributed by atoms with Crippen LogP contribution in [0.1, 0.15) is 39.5 Å². The number of nitrogens with one attached hydrogen (secondary N) is 1. The normalized spacial score (nSPS) is 13.1. The molecular weight excluding hydrogens is 460 g/mol. The summed E-state index contributed by atoms with van der Waals surface area (Å²) in [6.07, 6.45) is 0.0640. The second-order valence-electron chi connectivity index (χ2n) is 8.39. The van der Waals surface area contributed by atoms with Crippen molar-refractivity contribution in [3.05, 3.63) is 82.9 Å². The van der Waals surface area contributed by atoms with E-state index >= 15 is 0 Å². The predicted octanol–water partition coefficient (Wildman–Crippen LogP) is 4.12. The van der Waals surface area contributed by atoms with E-state index in [2.05, 4.69) is 5.32 Å². The SMILES string of the molecule is COc1ccc(CNC(=O)C[C@@H](c2cc(OC)c(OC)c(OC)c2)N2Cc3ccccc3C2=O)cc1. The van der Waals surface area contributed by atoms with Crippen LogP contribution in [0.25, 0.3) is 0 Å². The molecule has 0 aromatic heterocycles. The number of amides is 2. The first-order valence-corrected chi connectivity index (χ1v) is 11.6. The van der Waals surface area contributed by atoms with Gasteiger partial charge in [0.1, 0.15) is 5.75 Å². The van der Waals surface area contributed by atoms with Crippen molar-refractivity contribution >= 4 is 11.8 Å². The van der Waals surface area contributed by atoms with E-state index in [0.717, 1.165) is 16.9 Å². The van der Waals surface area contributed by atoms with Crippen LogP contribution in [0.4, 0.5) is 0 Å². The Morgan fingerprint density at radius 1 is 0.917 bits per heavy atom. The number of hydrogen-bond acceptors (Lipinski definition) is 6. The molecule has 0 aliphatic carbocycles. The van der Waals surface area contributed by atoms with Gasteiger partial charge < -0.3 is 29.2 Å². The molecule has 188 valence electrons. The number of nitrogens with zero attached hydrogens (tertiary/aromatic N) is 1. The van der Waals surface area contributed by atoms with Gasteiger partial charge in [-0.25, -0.2) is 0 Å². The highest BCUT2D eigenvalue weighted by molar-refractivity contribution is 5.99. The van der Waals surface area contributed by atoms with Gasteiger partial charge in [-0.1, -0.05) is 30.3 Å². The summed E-state index contributed by atoms with van der Waals surface area (Å²) in [7, 11) is 6.21. The fraction of sp³-hybridized carbons (Fsp3) is 0.286. The third-order valence-corrected chi connectivity index (χ3v) is 6.32. The molecule has 8 heteroatoms. The summed E-state index contributed by atoms with van der Waals surface area (Å²) in [5.74, 6) is 1.81. The first-order valence-electron chi connectivity index (χ1n) is 11.6. The fourth-order valence-electron chi connectivity index (χ4n) is 4.42. The van der Waals surface area contributed by atoms with Crippen LogP contribution in [0, 0.1) is 0 Å². The van der Waals surface area contributed by atoms with Crippen LogP contribution in [-0.2, 0) is 17.9 Å². The van der Waals surface area contributed by atoms with Gasteiger partial charge in [-0.05, 0) is 47.0 Å². The molecule has 1 N–H and O–H groups in total. The van der Waals surface area contributed by atoms with Gasteiger partial charge in [-0.2, -0.15) is 0 Å². The molecule has 3 aromatic carbocycles. The number of methoxy groups -OCH3 is 4. The van der Waals surface area contributed by atoms with Crippen LogP contribution in [0.3, 0.4) is 0 Å². The molecule has 1 atom stereocenters. The monoisotopic (exact) mass is 490 g/mol. The maximum absolute atomic E-state index is 13.4. The number of benzene rings is 3. The van der Waals surface area contributed by atoms with E-state index in [0.29, 0.717) is 41.5 Å². The molecule has 2 amide bonds. The quantitative estimate of drug-likeness (QED) is 0.460. The molecule has 0 bridgehead atoms. The Balaban J connectivity index is 1.62. The molecular formula is C28H30N2O6. The van der Waals surface area contributed by atoms with Crippen LogP contribution in [0.5, 0.6) is 23.0 Å². The molecule has 36 heavy (non-hydrogen) atoms. The van der Waals surface area contributed by atoms with Gasteiger partial charge in [0.25, 0.3) is 5.91 Å². The zero-order valence-corrected chi connectivity index (χ0v) is 20.9. The Hall–Kier alpha value is -4.20. The number of hydrogen-bond donors (Lipinski definition) is 1. The minimum Gasteiger partial charge on any atom is -0.497 e. The minimum absolute atomic E-state index is 0.0640. The Kier molecular flexibility index (Phi) is 7.63. The molecule has 8 nitrogen and oxygen atoms in total. The van der Waals surface area contributed by atoms with Crippen LogP contribution in [0.15, 0.2) is 60.7 Å². The maximum Gasteiger partial charge on any atom is 0.255 e. The number of carbonyl (C=O) groups excluding carboxylic acids is 2. The second-order valence-corrected chi connectivity index (χ2v) is 8.39. The molecule has 0 spiro atoms. The molecule has 1 heterocycles. The maximum atomic E-state index is 13.4. The topological polar surface area (TPSA) is 86.3 Å². The first-order chi connectivity index (χ1) is 17.5. The van der Waals surface area contributed by atoms with E-state index < -0.39 is 6.04 Å². The molecule has 1 aliphatic rings. The van der Waals surface area contributed by atoms with Crippen molar-refractivity contribution in [1.82, 2.24) is 10.2 Å². The zero-order chi connectivity index (χ0) is 25.7. The van der Waals surface area contributed by atoms with Crippen molar-refractivity contribution < 1.29 is 28.5 Å². The largest absolute Gasteiger partial charge is 0.497 e.